The zero-order chi connectivity index (χ0) is 23.7. The number of aromatic hydroxyl groups is 2. The second kappa shape index (κ2) is 7.00. The van der Waals surface area contributed by atoms with Gasteiger partial charge in [0.2, 0.25) is 0 Å². The first-order valence-electron chi connectivity index (χ1n) is 11.7. The highest BCUT2D eigenvalue weighted by molar-refractivity contribution is 6.19. The summed E-state index contributed by atoms with van der Waals surface area (Å²) in [5, 5.41) is 22.2. The zero-order valence-electron chi connectivity index (χ0n) is 19.1. The van der Waals surface area contributed by atoms with Crippen molar-refractivity contribution in [1.82, 2.24) is 0 Å². The van der Waals surface area contributed by atoms with Gasteiger partial charge >= 0.3 is 0 Å². The minimum atomic E-state index is -0.911. The van der Waals surface area contributed by atoms with E-state index in [1.807, 2.05) is 24.3 Å². The van der Waals surface area contributed by atoms with Crippen LogP contribution in [0.1, 0.15) is 22.3 Å². The van der Waals surface area contributed by atoms with Gasteiger partial charge in [-0.25, -0.2) is 0 Å². The average Bonchev–Trinajstić information content (AvgIpc) is 3.23. The lowest BCUT2D eigenvalue weighted by atomic mass is 9.82. The van der Waals surface area contributed by atoms with Crippen LogP contribution in [0.25, 0.3) is 39.1 Å². The van der Waals surface area contributed by atoms with Crippen molar-refractivity contribution in [2.45, 2.75) is 12.5 Å². The summed E-state index contributed by atoms with van der Waals surface area (Å²) >= 11 is 0. The Morgan fingerprint density at radius 3 is 1.91 bits per heavy atom. The quantitative estimate of drug-likeness (QED) is 0.284. The summed E-state index contributed by atoms with van der Waals surface area (Å²) in [5.74, 6) is 1.25. The predicted molar refractivity (Wildman–Crippen MR) is 140 cm³/mol. The number of phenols is 2. The molecule has 0 radical (unpaired) electrons. The first kappa shape index (κ1) is 19.9. The van der Waals surface area contributed by atoms with E-state index < -0.39 is 5.60 Å². The Bertz CT molecular complexity index is 1630. The Morgan fingerprint density at radius 1 is 0.657 bits per heavy atom. The van der Waals surface area contributed by atoms with Crippen LogP contribution in [0.4, 0.5) is 0 Å². The number of hydrogen-bond donors (Lipinski definition) is 2. The normalized spacial score (nSPS) is 14.4. The molecule has 0 spiro atoms. The number of ether oxygens (including phenoxy) is 1. The summed E-state index contributed by atoms with van der Waals surface area (Å²) in [6, 6.07) is 29.3. The van der Waals surface area contributed by atoms with Crippen LogP contribution in [0.5, 0.6) is 17.2 Å². The van der Waals surface area contributed by atoms with Gasteiger partial charge in [0.1, 0.15) is 17.2 Å². The number of hydrogen-bond acceptors (Lipinski definition) is 3. The van der Waals surface area contributed by atoms with Gasteiger partial charge in [-0.15, -0.1) is 0 Å². The lowest BCUT2D eigenvalue weighted by Gasteiger charge is -2.37. The lowest BCUT2D eigenvalue weighted by molar-refractivity contribution is 0.163. The Balaban J connectivity index is 1.53. The van der Waals surface area contributed by atoms with Crippen molar-refractivity contribution in [1.29, 1.82) is 0 Å². The molecule has 0 saturated carbocycles. The van der Waals surface area contributed by atoms with Crippen LogP contribution < -0.4 is 4.74 Å². The van der Waals surface area contributed by atoms with Crippen molar-refractivity contribution in [3.63, 3.8) is 0 Å². The summed E-state index contributed by atoms with van der Waals surface area (Å²) in [4.78, 5) is 0. The molecule has 0 aromatic heterocycles. The molecule has 1 heterocycles. The topological polar surface area (TPSA) is 49.7 Å². The van der Waals surface area contributed by atoms with E-state index in [0.717, 1.165) is 27.8 Å². The average molecular weight is 455 g/mol. The molecule has 1 aliphatic heterocycles. The van der Waals surface area contributed by atoms with Gasteiger partial charge in [0.05, 0.1) is 0 Å². The molecule has 2 N–H and O–H groups in total. The predicted octanol–water partition coefficient (Wildman–Crippen LogP) is 7.56. The Kier molecular flexibility index (Phi) is 3.99. The summed E-state index contributed by atoms with van der Waals surface area (Å²) < 4.78 is 7.05. The highest BCUT2D eigenvalue weighted by atomic mass is 16.5. The third-order valence-electron chi connectivity index (χ3n) is 7.41. The maximum absolute atomic E-state index is 9.94. The Morgan fingerprint density at radius 2 is 1.26 bits per heavy atom. The first-order chi connectivity index (χ1) is 17.1. The molecule has 1 aliphatic carbocycles. The molecular weight excluding hydrogens is 432 g/mol. The van der Waals surface area contributed by atoms with Crippen molar-refractivity contribution >= 4 is 16.8 Å². The third kappa shape index (κ3) is 2.66. The molecule has 0 unspecified atom stereocenters. The molecule has 0 saturated heterocycles. The van der Waals surface area contributed by atoms with Crippen LogP contribution in [-0.2, 0) is 5.60 Å². The molecule has 0 bridgehead atoms. The van der Waals surface area contributed by atoms with E-state index in [-0.39, 0.29) is 11.5 Å². The monoisotopic (exact) mass is 454 g/mol. The summed E-state index contributed by atoms with van der Waals surface area (Å²) in [6.07, 6.45) is 4.25. The van der Waals surface area contributed by atoms with Crippen molar-refractivity contribution in [3.8, 4) is 39.5 Å². The van der Waals surface area contributed by atoms with E-state index in [1.165, 1.54) is 33.2 Å². The van der Waals surface area contributed by atoms with Gasteiger partial charge in [0.25, 0.3) is 0 Å². The summed E-state index contributed by atoms with van der Waals surface area (Å²) in [6.45, 7) is 2.17. The van der Waals surface area contributed by atoms with Gasteiger partial charge < -0.3 is 14.9 Å². The molecule has 0 atom stereocenters. The number of benzene rings is 5. The van der Waals surface area contributed by atoms with Crippen molar-refractivity contribution in [2.24, 2.45) is 0 Å². The fourth-order valence-corrected chi connectivity index (χ4v) is 5.75. The molecule has 168 valence electrons. The van der Waals surface area contributed by atoms with Gasteiger partial charge in [-0.05, 0) is 65.1 Å². The smallest absolute Gasteiger partial charge is 0.178 e. The van der Waals surface area contributed by atoms with E-state index in [2.05, 4.69) is 61.5 Å². The molecular formula is C32H22O3. The van der Waals surface area contributed by atoms with Gasteiger partial charge in [0, 0.05) is 27.5 Å². The SMILES string of the molecule is Cc1c2c(c3cccc4c3c1-c1ccccc1-4)OC(c1ccc(O)cc1)(c1ccc(O)cc1)C=C2. The van der Waals surface area contributed by atoms with Gasteiger partial charge in [0.15, 0.2) is 5.60 Å². The van der Waals surface area contributed by atoms with Crippen molar-refractivity contribution in [2.75, 3.05) is 0 Å². The highest BCUT2D eigenvalue weighted by Gasteiger charge is 2.39. The standard InChI is InChI=1S/C32H22O3/c1-19-24-17-18-32(20-9-13-22(33)14-10-20,21-11-15-23(34)16-12-21)35-31(24)28-8-4-7-27-25-5-2-3-6-26(25)29(19)30(27)28/h2-18,33-34H,1H3. The molecule has 5 aromatic rings. The number of phenolic OH excluding ortho intramolecular Hbond substituents is 2. The zero-order valence-corrected chi connectivity index (χ0v) is 19.1. The number of rotatable bonds is 2. The maximum atomic E-state index is 9.94. The van der Waals surface area contributed by atoms with Crippen molar-refractivity contribution in [3.05, 3.63) is 119 Å². The van der Waals surface area contributed by atoms with E-state index in [9.17, 15) is 10.2 Å². The first-order valence-corrected chi connectivity index (χ1v) is 11.7. The van der Waals surface area contributed by atoms with Crippen molar-refractivity contribution < 1.29 is 14.9 Å². The fraction of sp³-hybridized carbons (Fsp3) is 0.0625. The molecule has 0 fully saturated rings. The largest absolute Gasteiger partial charge is 0.508 e. The van der Waals surface area contributed by atoms with Crippen LogP contribution in [0.3, 0.4) is 0 Å². The molecule has 2 aliphatic rings. The lowest BCUT2D eigenvalue weighted by Crippen LogP contribution is -2.34. The van der Waals surface area contributed by atoms with Crippen LogP contribution >= 0.6 is 0 Å². The fourth-order valence-electron chi connectivity index (χ4n) is 5.75. The molecule has 0 amide bonds. The second-order valence-corrected chi connectivity index (χ2v) is 9.28. The maximum Gasteiger partial charge on any atom is 0.178 e. The Hall–Kier alpha value is -4.50. The number of fused-ring (bicyclic) bond motifs is 5. The second-order valence-electron chi connectivity index (χ2n) is 9.28. The van der Waals surface area contributed by atoms with E-state index in [1.54, 1.807) is 24.3 Å². The minimum Gasteiger partial charge on any atom is -0.508 e. The van der Waals surface area contributed by atoms with Crippen LogP contribution in [0.15, 0.2) is 97.1 Å². The van der Waals surface area contributed by atoms with Gasteiger partial charge in [-0.2, -0.15) is 0 Å². The molecule has 5 aromatic carbocycles. The van der Waals surface area contributed by atoms with E-state index in [4.69, 9.17) is 4.74 Å². The molecule has 7 rings (SSSR count). The highest BCUT2D eigenvalue weighted by Crippen LogP contribution is 2.55. The molecule has 35 heavy (non-hydrogen) atoms. The van der Waals surface area contributed by atoms with Gasteiger partial charge in [-0.1, -0.05) is 72.8 Å². The van der Waals surface area contributed by atoms with Crippen LogP contribution in [0, 0.1) is 6.92 Å². The summed E-state index contributed by atoms with van der Waals surface area (Å²) in [5.41, 5.74) is 8.19. The third-order valence-corrected chi connectivity index (χ3v) is 7.41. The van der Waals surface area contributed by atoms with Crippen LogP contribution in [0.2, 0.25) is 0 Å². The Labute approximate surface area is 203 Å². The molecule has 3 nitrogen and oxygen atoms in total. The van der Waals surface area contributed by atoms with Crippen LogP contribution in [-0.4, -0.2) is 10.2 Å². The summed E-state index contributed by atoms with van der Waals surface area (Å²) in [7, 11) is 0. The molecule has 3 heteroatoms. The van der Waals surface area contributed by atoms with E-state index in [0.29, 0.717) is 0 Å². The van der Waals surface area contributed by atoms with Gasteiger partial charge in [-0.3, -0.25) is 0 Å². The minimum absolute atomic E-state index is 0.203. The van der Waals surface area contributed by atoms with E-state index >= 15 is 0 Å².